The van der Waals surface area contributed by atoms with Crippen LogP contribution in [0.2, 0.25) is 0 Å². The first-order valence-corrected chi connectivity index (χ1v) is 7.16. The molecule has 3 atom stereocenters. The van der Waals surface area contributed by atoms with Crippen LogP contribution >= 0.6 is 0 Å². The summed E-state index contributed by atoms with van der Waals surface area (Å²) >= 11 is 0. The van der Waals surface area contributed by atoms with E-state index in [0.717, 1.165) is 38.8 Å². The molecule has 4 heteroatoms. The van der Waals surface area contributed by atoms with Gasteiger partial charge in [0.05, 0.1) is 5.60 Å². The van der Waals surface area contributed by atoms with Crippen molar-refractivity contribution in [2.45, 2.75) is 63.6 Å². The van der Waals surface area contributed by atoms with Crippen LogP contribution in [0.5, 0.6) is 0 Å². The van der Waals surface area contributed by atoms with Crippen LogP contribution in [-0.4, -0.2) is 48.7 Å². The second-order valence-electron chi connectivity index (χ2n) is 6.02. The maximum atomic E-state index is 11.5. The quantitative estimate of drug-likeness (QED) is 0.831. The highest BCUT2D eigenvalue weighted by molar-refractivity contribution is 5.76. The minimum atomic E-state index is 0.0340. The largest absolute Gasteiger partial charge is 0.375 e. The molecule has 0 aromatic heterocycles. The SMILES string of the molecule is CCC1(C)CC(NC2CCC(=O)N(C)C2)CCO1. The number of ether oxygens (including phenoxy) is 1. The number of carbonyl (C=O) groups excluding carboxylic acids is 1. The predicted molar refractivity (Wildman–Crippen MR) is 71.5 cm³/mol. The first-order chi connectivity index (χ1) is 8.52. The predicted octanol–water partition coefficient (Wildman–Crippen LogP) is 1.54. The van der Waals surface area contributed by atoms with Crippen molar-refractivity contribution in [2.24, 2.45) is 0 Å². The van der Waals surface area contributed by atoms with Crippen molar-refractivity contribution >= 4 is 5.91 Å². The summed E-state index contributed by atoms with van der Waals surface area (Å²) in [5.41, 5.74) is 0.0340. The normalized spacial score (nSPS) is 37.9. The van der Waals surface area contributed by atoms with Crippen LogP contribution in [0.3, 0.4) is 0 Å². The molecule has 4 nitrogen and oxygen atoms in total. The first-order valence-electron chi connectivity index (χ1n) is 7.16. The molecule has 2 aliphatic rings. The van der Waals surface area contributed by atoms with Gasteiger partial charge in [0.1, 0.15) is 0 Å². The van der Waals surface area contributed by atoms with Gasteiger partial charge >= 0.3 is 0 Å². The van der Waals surface area contributed by atoms with Crippen molar-refractivity contribution in [1.82, 2.24) is 10.2 Å². The van der Waals surface area contributed by atoms with Crippen molar-refractivity contribution in [2.75, 3.05) is 20.2 Å². The topological polar surface area (TPSA) is 41.6 Å². The summed E-state index contributed by atoms with van der Waals surface area (Å²) in [7, 11) is 1.90. The second-order valence-corrected chi connectivity index (χ2v) is 6.02. The molecule has 18 heavy (non-hydrogen) atoms. The van der Waals surface area contributed by atoms with Crippen molar-refractivity contribution in [3.63, 3.8) is 0 Å². The van der Waals surface area contributed by atoms with Crippen molar-refractivity contribution < 1.29 is 9.53 Å². The molecule has 2 aliphatic heterocycles. The first kappa shape index (κ1) is 13.8. The van der Waals surface area contributed by atoms with E-state index in [-0.39, 0.29) is 11.5 Å². The summed E-state index contributed by atoms with van der Waals surface area (Å²) in [6.07, 6.45) is 4.89. The van der Waals surface area contributed by atoms with Crippen LogP contribution in [0, 0.1) is 0 Å². The molecule has 2 rings (SSSR count). The monoisotopic (exact) mass is 254 g/mol. The van der Waals surface area contributed by atoms with Gasteiger partial charge in [0.2, 0.25) is 5.91 Å². The zero-order chi connectivity index (χ0) is 13.2. The molecule has 2 fully saturated rings. The molecular formula is C14H26N2O2. The molecule has 1 amide bonds. The summed E-state index contributed by atoms with van der Waals surface area (Å²) < 4.78 is 5.87. The highest BCUT2D eigenvalue weighted by atomic mass is 16.5. The van der Waals surface area contributed by atoms with Gasteiger partial charge in [-0.1, -0.05) is 6.92 Å². The maximum Gasteiger partial charge on any atom is 0.222 e. The minimum absolute atomic E-state index is 0.0340. The van der Waals surface area contributed by atoms with Gasteiger partial charge in [0.25, 0.3) is 0 Å². The number of nitrogens with one attached hydrogen (secondary N) is 1. The fraction of sp³-hybridized carbons (Fsp3) is 0.929. The zero-order valence-electron chi connectivity index (χ0n) is 11.9. The van der Waals surface area contributed by atoms with Gasteiger partial charge in [-0.25, -0.2) is 0 Å². The lowest BCUT2D eigenvalue weighted by molar-refractivity contribution is -0.132. The van der Waals surface area contributed by atoms with Gasteiger partial charge in [0.15, 0.2) is 0 Å². The second kappa shape index (κ2) is 5.57. The number of carbonyl (C=O) groups is 1. The lowest BCUT2D eigenvalue weighted by Gasteiger charge is -2.41. The number of nitrogens with zero attached hydrogens (tertiary/aromatic N) is 1. The fourth-order valence-corrected chi connectivity index (χ4v) is 3.00. The molecule has 104 valence electrons. The zero-order valence-corrected chi connectivity index (χ0v) is 11.9. The van der Waals surface area contributed by atoms with E-state index in [9.17, 15) is 4.79 Å². The van der Waals surface area contributed by atoms with Gasteiger partial charge in [-0.2, -0.15) is 0 Å². The average Bonchev–Trinajstić information content (AvgIpc) is 2.34. The number of rotatable bonds is 3. The van der Waals surface area contributed by atoms with Crippen LogP contribution < -0.4 is 5.32 Å². The Morgan fingerprint density at radius 1 is 1.44 bits per heavy atom. The van der Waals surface area contributed by atoms with Crippen LogP contribution in [0.1, 0.15) is 46.0 Å². The third-order valence-corrected chi connectivity index (χ3v) is 4.44. The Bertz CT molecular complexity index is 308. The molecule has 0 bridgehead atoms. The summed E-state index contributed by atoms with van der Waals surface area (Å²) in [5, 5.41) is 3.72. The lowest BCUT2D eigenvalue weighted by Crippen LogP contribution is -2.53. The summed E-state index contributed by atoms with van der Waals surface area (Å²) in [4.78, 5) is 13.3. The van der Waals surface area contributed by atoms with Crippen LogP contribution in [0.25, 0.3) is 0 Å². The van der Waals surface area contributed by atoms with Gasteiger partial charge in [-0.15, -0.1) is 0 Å². The molecule has 0 aliphatic carbocycles. The third-order valence-electron chi connectivity index (χ3n) is 4.44. The highest BCUT2D eigenvalue weighted by Gasteiger charge is 2.33. The Kier molecular flexibility index (Phi) is 4.28. The summed E-state index contributed by atoms with van der Waals surface area (Å²) in [6.45, 7) is 6.09. The Morgan fingerprint density at radius 2 is 2.22 bits per heavy atom. The van der Waals surface area contributed by atoms with Crippen molar-refractivity contribution in [3.05, 3.63) is 0 Å². The maximum absolute atomic E-state index is 11.5. The van der Waals surface area contributed by atoms with E-state index in [4.69, 9.17) is 4.74 Å². The van der Waals surface area contributed by atoms with Gasteiger partial charge < -0.3 is 15.0 Å². The molecular weight excluding hydrogens is 228 g/mol. The minimum Gasteiger partial charge on any atom is -0.375 e. The van der Waals surface area contributed by atoms with Crippen molar-refractivity contribution in [1.29, 1.82) is 0 Å². The Balaban J connectivity index is 1.84. The van der Waals surface area contributed by atoms with E-state index < -0.39 is 0 Å². The third kappa shape index (κ3) is 3.23. The smallest absolute Gasteiger partial charge is 0.222 e. The van der Waals surface area contributed by atoms with Crippen LogP contribution in [0.4, 0.5) is 0 Å². The average molecular weight is 254 g/mol. The number of hydrogen-bond acceptors (Lipinski definition) is 3. The molecule has 2 saturated heterocycles. The highest BCUT2D eigenvalue weighted by Crippen LogP contribution is 2.28. The summed E-state index contributed by atoms with van der Waals surface area (Å²) in [5.74, 6) is 0.276. The van der Waals surface area contributed by atoms with E-state index >= 15 is 0 Å². The molecule has 0 radical (unpaired) electrons. The standard InChI is InChI=1S/C14H26N2O2/c1-4-14(2)9-11(7-8-18-14)15-12-5-6-13(17)16(3)10-12/h11-12,15H,4-10H2,1-3H3. The number of piperidine rings is 1. The van der Waals surface area contributed by atoms with E-state index in [1.165, 1.54) is 0 Å². The number of amides is 1. The Morgan fingerprint density at radius 3 is 2.89 bits per heavy atom. The van der Waals surface area contributed by atoms with E-state index in [1.807, 2.05) is 11.9 Å². The Labute approximate surface area is 110 Å². The fourth-order valence-electron chi connectivity index (χ4n) is 3.00. The molecule has 1 N–H and O–H groups in total. The molecule has 2 heterocycles. The van der Waals surface area contributed by atoms with E-state index in [2.05, 4.69) is 19.2 Å². The van der Waals surface area contributed by atoms with Crippen LogP contribution in [0.15, 0.2) is 0 Å². The Hall–Kier alpha value is -0.610. The summed E-state index contributed by atoms with van der Waals surface area (Å²) in [6, 6.07) is 0.993. The van der Waals surface area contributed by atoms with E-state index in [0.29, 0.717) is 18.5 Å². The van der Waals surface area contributed by atoms with Gasteiger partial charge in [0, 0.05) is 38.7 Å². The molecule has 0 spiro atoms. The molecule has 0 saturated carbocycles. The molecule has 3 unspecified atom stereocenters. The number of likely N-dealkylation sites (tertiary alicyclic amines) is 1. The van der Waals surface area contributed by atoms with Crippen molar-refractivity contribution in [3.8, 4) is 0 Å². The van der Waals surface area contributed by atoms with Crippen LogP contribution in [-0.2, 0) is 9.53 Å². The molecule has 0 aromatic rings. The molecule has 0 aromatic carbocycles. The number of likely N-dealkylation sites (N-methyl/N-ethyl adjacent to an activating group) is 1. The van der Waals surface area contributed by atoms with E-state index in [1.54, 1.807) is 0 Å². The number of hydrogen-bond donors (Lipinski definition) is 1. The lowest BCUT2D eigenvalue weighted by atomic mass is 9.89. The van der Waals surface area contributed by atoms with Gasteiger partial charge in [-0.05, 0) is 32.6 Å². The van der Waals surface area contributed by atoms with Gasteiger partial charge in [-0.3, -0.25) is 4.79 Å².